The van der Waals surface area contributed by atoms with Crippen LogP contribution in [0.15, 0.2) is 47.5 Å². The third-order valence-electron chi connectivity index (χ3n) is 6.29. The van der Waals surface area contributed by atoms with Gasteiger partial charge in [-0.3, -0.25) is 4.79 Å². The molecule has 4 nitrogen and oxygen atoms in total. The molecular weight excluding hydrogens is 471 g/mol. The second-order valence-electron chi connectivity index (χ2n) is 9.61. The Morgan fingerprint density at radius 2 is 2.06 bits per heavy atom. The van der Waals surface area contributed by atoms with Crippen LogP contribution in [0.5, 0.6) is 5.75 Å². The number of hydrogen-bond acceptors (Lipinski definition) is 4. The number of nitrogens with zero attached hydrogens (tertiary/aromatic N) is 1. The maximum Gasteiger partial charge on any atom is 0.259 e. The van der Waals surface area contributed by atoms with Gasteiger partial charge in [-0.25, -0.2) is 9.38 Å². The van der Waals surface area contributed by atoms with Gasteiger partial charge in [-0.1, -0.05) is 44.5 Å². The van der Waals surface area contributed by atoms with E-state index in [4.69, 9.17) is 16.3 Å². The molecule has 1 aromatic heterocycles. The second kappa shape index (κ2) is 9.88. The van der Waals surface area contributed by atoms with Crippen LogP contribution in [-0.4, -0.2) is 19.2 Å². The van der Waals surface area contributed by atoms with Crippen molar-refractivity contribution in [1.82, 2.24) is 0 Å². The fraction of sp³-hybridized carbons (Fsp3) is 0.333. The third kappa shape index (κ3) is 5.34. The van der Waals surface area contributed by atoms with Gasteiger partial charge in [0.1, 0.15) is 16.6 Å². The molecule has 2 aromatic carbocycles. The minimum absolute atomic E-state index is 0.189. The maximum absolute atomic E-state index is 13.6. The summed E-state index contributed by atoms with van der Waals surface area (Å²) in [4.78, 5) is 19.3. The predicted molar refractivity (Wildman–Crippen MR) is 139 cm³/mol. The van der Waals surface area contributed by atoms with Crippen LogP contribution in [-0.2, 0) is 12.8 Å². The van der Waals surface area contributed by atoms with Crippen LogP contribution in [0.4, 0.5) is 15.1 Å². The standard InChI is InChI=1S/C27H28ClFN2O2S/c1-27(2,3)17-8-10-20-23(13-17)34-26(30-15-16-6-5-7-18(29)12-16)24(20)25(32)31-19-9-11-22(33-4)21(28)14-19/h5-7,9,11-12,14-15,17H,8,10,13H2,1-4H3,(H,31,32)/t17-/m1/s1. The van der Waals surface area contributed by atoms with Crippen LogP contribution in [0.1, 0.15) is 53.6 Å². The lowest BCUT2D eigenvalue weighted by Crippen LogP contribution is -2.27. The van der Waals surface area contributed by atoms with Crippen LogP contribution >= 0.6 is 22.9 Å². The normalized spacial score (nSPS) is 15.9. The summed E-state index contributed by atoms with van der Waals surface area (Å²) in [7, 11) is 1.55. The quantitative estimate of drug-likeness (QED) is 0.366. The molecule has 0 saturated carbocycles. The molecule has 0 saturated heterocycles. The van der Waals surface area contributed by atoms with Gasteiger partial charge in [0.15, 0.2) is 0 Å². The number of methoxy groups -OCH3 is 1. The van der Waals surface area contributed by atoms with Crippen molar-refractivity contribution in [1.29, 1.82) is 0 Å². The van der Waals surface area contributed by atoms with Gasteiger partial charge in [0.2, 0.25) is 0 Å². The van der Waals surface area contributed by atoms with E-state index in [9.17, 15) is 9.18 Å². The molecule has 4 rings (SSSR count). The van der Waals surface area contributed by atoms with Crippen molar-refractivity contribution in [2.24, 2.45) is 16.3 Å². The van der Waals surface area contributed by atoms with Crippen LogP contribution in [0.25, 0.3) is 0 Å². The van der Waals surface area contributed by atoms with Gasteiger partial charge in [-0.15, -0.1) is 11.3 Å². The van der Waals surface area contributed by atoms with Gasteiger partial charge in [0, 0.05) is 16.8 Å². The van der Waals surface area contributed by atoms with Crippen molar-refractivity contribution < 1.29 is 13.9 Å². The number of nitrogens with one attached hydrogen (secondary N) is 1. The lowest BCUT2D eigenvalue weighted by atomic mass is 9.72. The summed E-state index contributed by atoms with van der Waals surface area (Å²) in [5.41, 5.74) is 3.07. The summed E-state index contributed by atoms with van der Waals surface area (Å²) in [6, 6.07) is 11.4. The molecule has 1 aliphatic carbocycles. The molecule has 34 heavy (non-hydrogen) atoms. The first-order valence-corrected chi connectivity index (χ1v) is 12.4. The molecule has 1 heterocycles. The largest absolute Gasteiger partial charge is 0.495 e. The average molecular weight is 499 g/mol. The molecule has 0 fully saturated rings. The molecule has 1 atom stereocenters. The topological polar surface area (TPSA) is 50.7 Å². The Balaban J connectivity index is 1.70. The first kappa shape index (κ1) is 24.4. The number of halogens is 2. The van der Waals surface area contributed by atoms with Crippen LogP contribution in [0.3, 0.4) is 0 Å². The first-order chi connectivity index (χ1) is 16.2. The van der Waals surface area contributed by atoms with Crippen molar-refractivity contribution >= 4 is 45.7 Å². The van der Waals surface area contributed by atoms with E-state index in [-0.39, 0.29) is 17.1 Å². The number of anilines is 1. The average Bonchev–Trinajstić information content (AvgIpc) is 3.15. The van der Waals surface area contributed by atoms with E-state index in [1.54, 1.807) is 55.0 Å². The Kier molecular flexibility index (Phi) is 7.10. The van der Waals surface area contributed by atoms with E-state index in [0.717, 1.165) is 24.8 Å². The van der Waals surface area contributed by atoms with E-state index in [1.165, 1.54) is 17.0 Å². The van der Waals surface area contributed by atoms with Crippen molar-refractivity contribution in [3.8, 4) is 5.75 Å². The predicted octanol–water partition coefficient (Wildman–Crippen LogP) is 7.70. The lowest BCUT2D eigenvalue weighted by Gasteiger charge is -2.33. The molecule has 178 valence electrons. The fourth-order valence-electron chi connectivity index (χ4n) is 4.29. The molecule has 0 radical (unpaired) electrons. The fourth-order valence-corrected chi connectivity index (χ4v) is 5.82. The SMILES string of the molecule is COc1ccc(NC(=O)c2c(N=Cc3cccc(F)c3)sc3c2CC[C@@H](C(C)(C)C)C3)cc1Cl. The highest BCUT2D eigenvalue weighted by atomic mass is 35.5. The molecule has 0 bridgehead atoms. The molecule has 1 amide bonds. The number of carbonyl (C=O) groups is 1. The number of aliphatic imine (C=N–C) groups is 1. The molecule has 3 aromatic rings. The number of fused-ring (bicyclic) bond motifs is 1. The van der Waals surface area contributed by atoms with E-state index in [1.807, 2.05) is 0 Å². The number of ether oxygens (including phenoxy) is 1. The highest BCUT2D eigenvalue weighted by molar-refractivity contribution is 7.16. The zero-order valence-corrected chi connectivity index (χ0v) is 21.3. The van der Waals surface area contributed by atoms with Gasteiger partial charge in [-0.2, -0.15) is 0 Å². The van der Waals surface area contributed by atoms with Crippen molar-refractivity contribution in [3.05, 3.63) is 74.9 Å². The maximum atomic E-state index is 13.6. The number of benzene rings is 2. The number of thiophene rings is 1. The smallest absolute Gasteiger partial charge is 0.259 e. The van der Waals surface area contributed by atoms with E-state index in [0.29, 0.717) is 38.5 Å². The summed E-state index contributed by atoms with van der Waals surface area (Å²) in [5, 5.41) is 4.03. The monoisotopic (exact) mass is 498 g/mol. The van der Waals surface area contributed by atoms with E-state index >= 15 is 0 Å². The summed E-state index contributed by atoms with van der Waals surface area (Å²) in [5.74, 6) is 0.535. The zero-order valence-electron chi connectivity index (χ0n) is 19.7. The molecule has 0 aliphatic heterocycles. The molecule has 1 N–H and O–H groups in total. The van der Waals surface area contributed by atoms with Crippen LogP contribution in [0.2, 0.25) is 5.02 Å². The third-order valence-corrected chi connectivity index (χ3v) is 7.75. The number of amides is 1. The lowest BCUT2D eigenvalue weighted by molar-refractivity contribution is 0.102. The molecular formula is C27H28ClFN2O2S. The molecule has 0 spiro atoms. The Morgan fingerprint density at radius 3 is 2.74 bits per heavy atom. The Morgan fingerprint density at radius 1 is 1.26 bits per heavy atom. The van der Waals surface area contributed by atoms with Gasteiger partial charge in [-0.05, 0) is 72.1 Å². The summed E-state index contributed by atoms with van der Waals surface area (Å²) in [6.45, 7) is 6.79. The molecule has 7 heteroatoms. The Bertz CT molecular complexity index is 1250. The van der Waals surface area contributed by atoms with Crippen molar-refractivity contribution in [3.63, 3.8) is 0 Å². The highest BCUT2D eigenvalue weighted by Crippen LogP contribution is 2.45. The first-order valence-electron chi connectivity index (χ1n) is 11.2. The summed E-state index contributed by atoms with van der Waals surface area (Å²) in [6.07, 6.45) is 4.39. The van der Waals surface area contributed by atoms with Crippen molar-refractivity contribution in [2.45, 2.75) is 40.0 Å². The molecule has 0 unspecified atom stereocenters. The Hall–Kier alpha value is -2.70. The summed E-state index contributed by atoms with van der Waals surface area (Å²) >= 11 is 7.80. The minimum atomic E-state index is -0.322. The molecule has 1 aliphatic rings. The minimum Gasteiger partial charge on any atom is -0.495 e. The van der Waals surface area contributed by atoms with Gasteiger partial charge >= 0.3 is 0 Å². The van der Waals surface area contributed by atoms with Gasteiger partial charge in [0.05, 0.1) is 17.7 Å². The van der Waals surface area contributed by atoms with E-state index in [2.05, 4.69) is 31.1 Å². The Labute approximate surface area is 208 Å². The number of rotatable bonds is 5. The van der Waals surface area contributed by atoms with Gasteiger partial charge in [0.25, 0.3) is 5.91 Å². The van der Waals surface area contributed by atoms with E-state index < -0.39 is 0 Å². The number of hydrogen-bond donors (Lipinski definition) is 1. The zero-order chi connectivity index (χ0) is 24.5. The van der Waals surface area contributed by atoms with Crippen LogP contribution in [0, 0.1) is 17.2 Å². The van der Waals surface area contributed by atoms with Crippen LogP contribution < -0.4 is 10.1 Å². The number of carbonyl (C=O) groups excluding carboxylic acids is 1. The van der Waals surface area contributed by atoms with Crippen molar-refractivity contribution in [2.75, 3.05) is 12.4 Å². The second-order valence-corrected chi connectivity index (χ2v) is 11.1. The highest BCUT2D eigenvalue weighted by Gasteiger charge is 2.33. The van der Waals surface area contributed by atoms with Gasteiger partial charge < -0.3 is 10.1 Å². The summed E-state index contributed by atoms with van der Waals surface area (Å²) < 4.78 is 18.8.